The SMILES string of the molecule is O=C(O)CCN(NC(=O)C1(NC(=O)c2cc3ccccc3s2)CCCC1)C(=O)CCc1ccccc1. The Balaban J connectivity index is 1.47. The average Bonchev–Trinajstić information content (AvgIpc) is 3.53. The minimum absolute atomic E-state index is 0.116. The number of benzene rings is 2. The van der Waals surface area contributed by atoms with Crippen LogP contribution in [0.2, 0.25) is 0 Å². The summed E-state index contributed by atoms with van der Waals surface area (Å²) in [6, 6.07) is 19.0. The van der Waals surface area contributed by atoms with Gasteiger partial charge in [0.15, 0.2) is 0 Å². The molecule has 9 heteroatoms. The summed E-state index contributed by atoms with van der Waals surface area (Å²) in [4.78, 5) is 51.3. The highest BCUT2D eigenvalue weighted by Gasteiger charge is 2.43. The third-order valence-corrected chi connectivity index (χ3v) is 7.57. The molecule has 2 aromatic carbocycles. The second-order valence-corrected chi connectivity index (χ2v) is 10.1. The summed E-state index contributed by atoms with van der Waals surface area (Å²) in [5, 5.41) is 14.1. The van der Waals surface area contributed by atoms with Gasteiger partial charge in [-0.05, 0) is 42.3 Å². The van der Waals surface area contributed by atoms with Gasteiger partial charge in [-0.15, -0.1) is 11.3 Å². The predicted molar refractivity (Wildman–Crippen MR) is 137 cm³/mol. The molecule has 0 radical (unpaired) electrons. The molecule has 1 aromatic heterocycles. The number of nitrogens with zero attached hydrogens (tertiary/aromatic N) is 1. The number of fused-ring (bicyclic) bond motifs is 1. The minimum Gasteiger partial charge on any atom is -0.481 e. The summed E-state index contributed by atoms with van der Waals surface area (Å²) in [5.41, 5.74) is 2.46. The average molecular weight is 508 g/mol. The van der Waals surface area contributed by atoms with Gasteiger partial charge in [0.05, 0.1) is 17.8 Å². The number of carbonyl (C=O) groups is 4. The Morgan fingerprint density at radius 3 is 2.33 bits per heavy atom. The molecule has 0 spiro atoms. The van der Waals surface area contributed by atoms with Crippen molar-refractivity contribution in [1.29, 1.82) is 0 Å². The van der Waals surface area contributed by atoms with E-state index in [1.54, 1.807) is 0 Å². The Hall–Kier alpha value is -3.72. The largest absolute Gasteiger partial charge is 0.481 e. The molecular weight excluding hydrogens is 478 g/mol. The first kappa shape index (κ1) is 25.4. The number of carboxylic acids is 1. The van der Waals surface area contributed by atoms with Gasteiger partial charge in [-0.1, -0.05) is 61.4 Å². The first-order valence-corrected chi connectivity index (χ1v) is 12.9. The Bertz CT molecular complexity index is 1220. The monoisotopic (exact) mass is 507 g/mol. The standard InChI is InChI=1S/C27H29N3O5S/c31-23(13-12-19-8-2-1-3-9-19)30(17-14-24(32)33)29-26(35)27(15-6-7-16-27)28-25(34)22-18-20-10-4-5-11-21(20)36-22/h1-5,8-11,18H,6-7,12-17H2,(H,28,34)(H,29,35)(H,32,33). The lowest BCUT2D eigenvalue weighted by atomic mass is 9.96. The lowest BCUT2D eigenvalue weighted by Crippen LogP contribution is -2.61. The van der Waals surface area contributed by atoms with Crippen molar-refractivity contribution in [2.45, 2.75) is 50.5 Å². The van der Waals surface area contributed by atoms with Crippen molar-refractivity contribution < 1.29 is 24.3 Å². The molecule has 36 heavy (non-hydrogen) atoms. The molecule has 0 aliphatic heterocycles. The van der Waals surface area contributed by atoms with Crippen molar-refractivity contribution in [2.24, 2.45) is 0 Å². The van der Waals surface area contributed by atoms with Crippen LogP contribution < -0.4 is 10.7 Å². The van der Waals surface area contributed by atoms with E-state index in [0.717, 1.165) is 33.5 Å². The number of amides is 3. The van der Waals surface area contributed by atoms with Gasteiger partial charge in [0, 0.05) is 11.1 Å². The fourth-order valence-electron chi connectivity index (χ4n) is 4.47. The number of hydrogen-bond donors (Lipinski definition) is 3. The highest BCUT2D eigenvalue weighted by molar-refractivity contribution is 7.20. The number of aryl methyl sites for hydroxylation is 1. The fraction of sp³-hybridized carbons (Fsp3) is 0.333. The third-order valence-electron chi connectivity index (χ3n) is 6.45. The van der Waals surface area contributed by atoms with E-state index in [9.17, 15) is 19.2 Å². The summed E-state index contributed by atoms with van der Waals surface area (Å²) in [5.74, 6) is -2.27. The fourth-order valence-corrected chi connectivity index (χ4v) is 5.43. The van der Waals surface area contributed by atoms with E-state index in [1.165, 1.54) is 11.3 Å². The van der Waals surface area contributed by atoms with Crippen molar-refractivity contribution in [3.8, 4) is 0 Å². The maximum absolute atomic E-state index is 13.5. The van der Waals surface area contributed by atoms with Crippen molar-refractivity contribution in [1.82, 2.24) is 15.8 Å². The van der Waals surface area contributed by atoms with Crippen LogP contribution in [0.4, 0.5) is 0 Å². The first-order chi connectivity index (χ1) is 17.4. The van der Waals surface area contributed by atoms with Crippen molar-refractivity contribution in [2.75, 3.05) is 6.54 Å². The topological polar surface area (TPSA) is 116 Å². The summed E-state index contributed by atoms with van der Waals surface area (Å²) < 4.78 is 0.983. The number of carboxylic acid groups (broad SMARTS) is 1. The Labute approximate surface area is 213 Å². The van der Waals surface area contributed by atoms with Crippen molar-refractivity contribution >= 4 is 45.1 Å². The summed E-state index contributed by atoms with van der Waals surface area (Å²) >= 11 is 1.36. The number of hydrazine groups is 1. The predicted octanol–water partition coefficient (Wildman–Crippen LogP) is 3.91. The first-order valence-electron chi connectivity index (χ1n) is 12.0. The zero-order valence-corrected chi connectivity index (χ0v) is 20.7. The molecule has 0 bridgehead atoms. The second kappa shape index (κ2) is 11.3. The number of thiophene rings is 1. The van der Waals surface area contributed by atoms with Gasteiger partial charge in [-0.3, -0.25) is 29.6 Å². The van der Waals surface area contributed by atoms with Gasteiger partial charge in [0.1, 0.15) is 5.54 Å². The molecule has 1 heterocycles. The molecule has 0 unspecified atom stereocenters. The molecule has 8 nitrogen and oxygen atoms in total. The van der Waals surface area contributed by atoms with Crippen LogP contribution in [0.3, 0.4) is 0 Å². The van der Waals surface area contributed by atoms with E-state index in [-0.39, 0.29) is 31.2 Å². The molecule has 0 saturated heterocycles. The van der Waals surface area contributed by atoms with Crippen LogP contribution >= 0.6 is 11.3 Å². The van der Waals surface area contributed by atoms with E-state index < -0.39 is 17.4 Å². The summed E-state index contributed by atoms with van der Waals surface area (Å²) in [7, 11) is 0. The zero-order valence-electron chi connectivity index (χ0n) is 19.9. The van der Waals surface area contributed by atoms with Gasteiger partial charge < -0.3 is 10.4 Å². The van der Waals surface area contributed by atoms with Crippen LogP contribution in [0.1, 0.15) is 53.8 Å². The third kappa shape index (κ3) is 6.09. The van der Waals surface area contributed by atoms with Crippen LogP contribution in [0, 0.1) is 0 Å². The number of carbonyl (C=O) groups excluding carboxylic acids is 3. The summed E-state index contributed by atoms with van der Waals surface area (Å²) in [6.45, 7) is -0.158. The van der Waals surface area contributed by atoms with Crippen molar-refractivity contribution in [3.05, 3.63) is 71.1 Å². The molecular formula is C27H29N3O5S. The van der Waals surface area contributed by atoms with Crippen LogP contribution in [-0.4, -0.2) is 45.9 Å². The maximum Gasteiger partial charge on any atom is 0.305 e. The molecule has 1 aliphatic rings. The smallest absolute Gasteiger partial charge is 0.305 e. The molecule has 188 valence electrons. The maximum atomic E-state index is 13.5. The van der Waals surface area contributed by atoms with Crippen molar-refractivity contribution in [3.63, 3.8) is 0 Å². The van der Waals surface area contributed by atoms with E-state index in [0.29, 0.717) is 24.1 Å². The number of hydrogen-bond acceptors (Lipinski definition) is 5. The van der Waals surface area contributed by atoms with Crippen LogP contribution in [-0.2, 0) is 20.8 Å². The van der Waals surface area contributed by atoms with Gasteiger partial charge in [-0.2, -0.15) is 0 Å². The molecule has 0 atom stereocenters. The Kier molecular flexibility index (Phi) is 8.00. The van der Waals surface area contributed by atoms with Gasteiger partial charge in [0.2, 0.25) is 5.91 Å². The van der Waals surface area contributed by atoms with Crippen LogP contribution in [0.15, 0.2) is 60.7 Å². The Morgan fingerprint density at radius 1 is 0.944 bits per heavy atom. The lowest BCUT2D eigenvalue weighted by molar-refractivity contribution is -0.146. The Morgan fingerprint density at radius 2 is 1.64 bits per heavy atom. The van der Waals surface area contributed by atoms with Crippen LogP contribution in [0.5, 0.6) is 0 Å². The second-order valence-electron chi connectivity index (χ2n) is 9.01. The quantitative estimate of drug-likeness (QED) is 0.380. The zero-order chi connectivity index (χ0) is 25.5. The molecule has 4 rings (SSSR count). The minimum atomic E-state index is -1.16. The number of aliphatic carboxylic acids is 1. The number of rotatable bonds is 9. The van der Waals surface area contributed by atoms with Gasteiger partial charge in [0.25, 0.3) is 11.8 Å². The summed E-state index contributed by atoms with van der Waals surface area (Å²) in [6.07, 6.45) is 2.69. The highest BCUT2D eigenvalue weighted by Crippen LogP contribution is 2.32. The normalized spacial score (nSPS) is 14.3. The molecule has 3 amide bonds. The molecule has 3 aromatic rings. The number of nitrogens with one attached hydrogen (secondary N) is 2. The molecule has 1 saturated carbocycles. The van der Waals surface area contributed by atoms with Gasteiger partial charge in [-0.25, -0.2) is 0 Å². The lowest BCUT2D eigenvalue weighted by Gasteiger charge is -2.32. The molecule has 1 fully saturated rings. The van der Waals surface area contributed by atoms with E-state index in [4.69, 9.17) is 5.11 Å². The highest BCUT2D eigenvalue weighted by atomic mass is 32.1. The molecule has 1 aliphatic carbocycles. The van der Waals surface area contributed by atoms with E-state index in [2.05, 4.69) is 10.7 Å². The van der Waals surface area contributed by atoms with Gasteiger partial charge >= 0.3 is 5.97 Å². The molecule has 3 N–H and O–H groups in total. The van der Waals surface area contributed by atoms with E-state index >= 15 is 0 Å². The van der Waals surface area contributed by atoms with E-state index in [1.807, 2.05) is 60.7 Å². The van der Waals surface area contributed by atoms with Crippen LogP contribution in [0.25, 0.3) is 10.1 Å².